The Morgan fingerprint density at radius 1 is 1.05 bits per heavy atom. The van der Waals surface area contributed by atoms with Crippen molar-refractivity contribution in [3.8, 4) is 0 Å². The Kier molecular flexibility index (Phi) is 6.89. The summed E-state index contributed by atoms with van der Waals surface area (Å²) in [4.78, 5) is 23.7. The first kappa shape index (κ1) is 18.0. The van der Waals surface area contributed by atoms with Crippen molar-refractivity contribution in [2.45, 2.75) is 59.0 Å². The van der Waals surface area contributed by atoms with E-state index in [1.54, 1.807) is 39.0 Å². The molecule has 0 unspecified atom stereocenters. The molecule has 0 saturated heterocycles. The van der Waals surface area contributed by atoms with Crippen LogP contribution in [-0.2, 0) is 9.53 Å². The number of nitrogens with one attached hydrogen (secondary N) is 2. The number of unbranched alkanes of at least 4 members (excludes halogenated alkanes) is 2. The summed E-state index contributed by atoms with van der Waals surface area (Å²) >= 11 is 0. The van der Waals surface area contributed by atoms with E-state index in [4.69, 9.17) is 4.74 Å². The molecule has 1 aromatic rings. The average Bonchev–Trinajstić information content (AvgIpc) is 2.39. The number of anilines is 2. The van der Waals surface area contributed by atoms with Gasteiger partial charge in [-0.25, -0.2) is 4.79 Å². The van der Waals surface area contributed by atoms with Crippen molar-refractivity contribution >= 4 is 23.4 Å². The van der Waals surface area contributed by atoms with E-state index in [2.05, 4.69) is 17.6 Å². The quantitative estimate of drug-likeness (QED) is 0.757. The first-order chi connectivity index (χ1) is 10.3. The van der Waals surface area contributed by atoms with Gasteiger partial charge >= 0.3 is 6.09 Å². The van der Waals surface area contributed by atoms with Gasteiger partial charge < -0.3 is 10.1 Å². The van der Waals surface area contributed by atoms with Gasteiger partial charge in [0.15, 0.2) is 0 Å². The van der Waals surface area contributed by atoms with Gasteiger partial charge in [0.2, 0.25) is 5.91 Å². The van der Waals surface area contributed by atoms with Crippen LogP contribution in [0.25, 0.3) is 0 Å². The van der Waals surface area contributed by atoms with Crippen LogP contribution in [-0.4, -0.2) is 17.6 Å². The Balaban J connectivity index is 2.65. The summed E-state index contributed by atoms with van der Waals surface area (Å²) in [5.74, 6) is -0.0492. The first-order valence-corrected chi connectivity index (χ1v) is 7.70. The van der Waals surface area contributed by atoms with Crippen LogP contribution < -0.4 is 10.6 Å². The fourth-order valence-corrected chi connectivity index (χ4v) is 1.86. The zero-order chi connectivity index (χ0) is 16.6. The molecule has 22 heavy (non-hydrogen) atoms. The third-order valence-electron chi connectivity index (χ3n) is 2.84. The van der Waals surface area contributed by atoms with Crippen molar-refractivity contribution in [1.82, 2.24) is 0 Å². The van der Waals surface area contributed by atoms with Crippen LogP contribution in [0.1, 0.15) is 53.4 Å². The molecular formula is C17H26N2O3. The number of hydrogen-bond acceptors (Lipinski definition) is 3. The molecule has 1 rings (SSSR count). The minimum Gasteiger partial charge on any atom is -0.444 e. The van der Waals surface area contributed by atoms with Crippen LogP contribution in [0.4, 0.5) is 16.2 Å². The number of hydrogen-bond donors (Lipinski definition) is 2. The third-order valence-corrected chi connectivity index (χ3v) is 2.84. The molecule has 1 aromatic carbocycles. The Morgan fingerprint density at radius 3 is 2.18 bits per heavy atom. The van der Waals surface area contributed by atoms with Gasteiger partial charge in [0.1, 0.15) is 5.60 Å². The van der Waals surface area contributed by atoms with E-state index in [1.165, 1.54) is 0 Å². The van der Waals surface area contributed by atoms with Gasteiger partial charge in [-0.2, -0.15) is 0 Å². The number of carbonyl (C=O) groups excluding carboxylic acids is 2. The van der Waals surface area contributed by atoms with E-state index in [0.29, 0.717) is 17.8 Å². The summed E-state index contributed by atoms with van der Waals surface area (Å²) in [5, 5.41) is 5.49. The minimum absolute atomic E-state index is 0.0492. The van der Waals surface area contributed by atoms with Crippen molar-refractivity contribution < 1.29 is 14.3 Å². The van der Waals surface area contributed by atoms with Crippen molar-refractivity contribution in [2.75, 3.05) is 10.6 Å². The maximum atomic E-state index is 11.9. The summed E-state index contributed by atoms with van der Waals surface area (Å²) in [6.45, 7) is 7.49. The number of rotatable bonds is 6. The standard InChI is InChI=1S/C17H26N2O3/c1-5-6-7-12-15(20)18-13-10-8-9-11-14(13)19-16(21)22-17(2,3)4/h8-11H,5-7,12H2,1-4H3,(H,18,20)(H,19,21). The summed E-state index contributed by atoms with van der Waals surface area (Å²) in [5.41, 5.74) is 0.540. The van der Waals surface area contributed by atoms with Crippen LogP contribution in [0.2, 0.25) is 0 Å². The second-order valence-electron chi connectivity index (χ2n) is 6.18. The molecular weight excluding hydrogens is 280 g/mol. The van der Waals surface area contributed by atoms with E-state index >= 15 is 0 Å². The smallest absolute Gasteiger partial charge is 0.412 e. The van der Waals surface area contributed by atoms with Gasteiger partial charge in [0.05, 0.1) is 11.4 Å². The van der Waals surface area contributed by atoms with Gasteiger partial charge in [0, 0.05) is 6.42 Å². The Labute approximate surface area is 132 Å². The lowest BCUT2D eigenvalue weighted by atomic mass is 10.2. The summed E-state index contributed by atoms with van der Waals surface area (Å²) < 4.78 is 5.22. The highest BCUT2D eigenvalue weighted by molar-refractivity contribution is 5.97. The van der Waals surface area contributed by atoms with E-state index < -0.39 is 11.7 Å². The van der Waals surface area contributed by atoms with Crippen molar-refractivity contribution in [3.63, 3.8) is 0 Å². The molecule has 0 heterocycles. The number of carbonyl (C=O) groups is 2. The van der Waals surface area contributed by atoms with Crippen LogP contribution in [0.3, 0.4) is 0 Å². The summed E-state index contributed by atoms with van der Waals surface area (Å²) in [7, 11) is 0. The van der Waals surface area contributed by atoms with E-state index in [1.807, 2.05) is 6.07 Å². The molecule has 0 fully saturated rings. The molecule has 2 amide bonds. The Hall–Kier alpha value is -2.04. The lowest BCUT2D eigenvalue weighted by Gasteiger charge is -2.20. The fourth-order valence-electron chi connectivity index (χ4n) is 1.86. The zero-order valence-electron chi connectivity index (χ0n) is 13.9. The van der Waals surface area contributed by atoms with Crippen LogP contribution >= 0.6 is 0 Å². The number of para-hydroxylation sites is 2. The second kappa shape index (κ2) is 8.41. The molecule has 0 saturated carbocycles. The molecule has 0 aliphatic carbocycles. The third kappa shape index (κ3) is 7.11. The average molecular weight is 306 g/mol. The zero-order valence-corrected chi connectivity index (χ0v) is 13.9. The number of amides is 2. The van der Waals surface area contributed by atoms with Gasteiger partial charge in [-0.1, -0.05) is 31.9 Å². The second-order valence-corrected chi connectivity index (χ2v) is 6.18. The Bertz CT molecular complexity index is 507. The SMILES string of the molecule is CCCCCC(=O)Nc1ccccc1NC(=O)OC(C)(C)C. The molecule has 0 aromatic heterocycles. The van der Waals surface area contributed by atoms with E-state index in [-0.39, 0.29) is 5.91 Å². The van der Waals surface area contributed by atoms with Crippen molar-refractivity contribution in [3.05, 3.63) is 24.3 Å². The highest BCUT2D eigenvalue weighted by atomic mass is 16.6. The monoisotopic (exact) mass is 306 g/mol. The van der Waals surface area contributed by atoms with Crippen LogP contribution in [0.15, 0.2) is 24.3 Å². The minimum atomic E-state index is -0.567. The first-order valence-electron chi connectivity index (χ1n) is 7.70. The molecule has 2 N–H and O–H groups in total. The molecule has 0 radical (unpaired) electrons. The normalized spacial score (nSPS) is 10.9. The summed E-state index contributed by atoms with van der Waals surface area (Å²) in [6, 6.07) is 7.08. The molecule has 0 bridgehead atoms. The number of ether oxygens (including phenoxy) is 1. The fraction of sp³-hybridized carbons (Fsp3) is 0.529. The predicted molar refractivity (Wildman–Crippen MR) is 89.1 cm³/mol. The maximum Gasteiger partial charge on any atom is 0.412 e. The van der Waals surface area contributed by atoms with Crippen molar-refractivity contribution in [2.24, 2.45) is 0 Å². The van der Waals surface area contributed by atoms with Crippen LogP contribution in [0, 0.1) is 0 Å². The molecule has 5 heteroatoms. The van der Waals surface area contributed by atoms with Gasteiger partial charge in [-0.3, -0.25) is 10.1 Å². The van der Waals surface area contributed by atoms with Gasteiger partial charge in [-0.15, -0.1) is 0 Å². The topological polar surface area (TPSA) is 67.4 Å². The highest BCUT2D eigenvalue weighted by Gasteiger charge is 2.17. The van der Waals surface area contributed by atoms with E-state index in [9.17, 15) is 9.59 Å². The highest BCUT2D eigenvalue weighted by Crippen LogP contribution is 2.22. The van der Waals surface area contributed by atoms with E-state index in [0.717, 1.165) is 19.3 Å². The van der Waals surface area contributed by atoms with Gasteiger partial charge in [0.25, 0.3) is 0 Å². The molecule has 0 aliphatic rings. The molecule has 0 aliphatic heterocycles. The molecule has 0 atom stereocenters. The summed E-state index contributed by atoms with van der Waals surface area (Å²) in [6.07, 6.45) is 2.91. The molecule has 0 spiro atoms. The van der Waals surface area contributed by atoms with Crippen LogP contribution in [0.5, 0.6) is 0 Å². The lowest BCUT2D eigenvalue weighted by Crippen LogP contribution is -2.27. The molecule has 5 nitrogen and oxygen atoms in total. The van der Waals surface area contributed by atoms with Crippen molar-refractivity contribution in [1.29, 1.82) is 0 Å². The maximum absolute atomic E-state index is 11.9. The number of benzene rings is 1. The predicted octanol–water partition coefficient (Wildman–Crippen LogP) is 4.55. The largest absolute Gasteiger partial charge is 0.444 e. The lowest BCUT2D eigenvalue weighted by molar-refractivity contribution is -0.116. The molecule has 122 valence electrons. The van der Waals surface area contributed by atoms with Gasteiger partial charge in [-0.05, 0) is 39.3 Å². The Morgan fingerprint density at radius 2 is 1.64 bits per heavy atom.